The Hall–Kier alpha value is -1.95. The number of benzene rings is 2. The Bertz CT molecular complexity index is 921. The van der Waals surface area contributed by atoms with E-state index in [0.29, 0.717) is 12.1 Å². The van der Waals surface area contributed by atoms with Crippen LogP contribution in [0.3, 0.4) is 0 Å². The monoisotopic (exact) mass is 417 g/mol. The smallest absolute Gasteiger partial charge is 0.260 e. The average Bonchev–Trinajstić information content (AvgIpc) is 3.07. The predicted molar refractivity (Wildman–Crippen MR) is 122 cm³/mol. The Kier molecular flexibility index (Phi) is 7.98. The van der Waals surface area contributed by atoms with Crippen molar-refractivity contribution in [3.63, 3.8) is 0 Å². The third kappa shape index (κ3) is 5.31. The van der Waals surface area contributed by atoms with Gasteiger partial charge in [-0.2, -0.15) is 0 Å². The first kappa shape index (κ1) is 22.3. The van der Waals surface area contributed by atoms with E-state index in [9.17, 15) is 4.79 Å². The molecule has 1 aromatic heterocycles. The molecular weight excluding hydrogens is 390 g/mol. The molecule has 0 aliphatic rings. The number of aryl methyl sites for hydroxylation is 2. The van der Waals surface area contributed by atoms with Gasteiger partial charge in [0.05, 0.1) is 10.2 Å². The number of fused-ring (bicyclic) bond motifs is 1. The third-order valence-corrected chi connectivity index (χ3v) is 5.65. The minimum atomic E-state index is 0. The molecule has 0 bridgehead atoms. The van der Waals surface area contributed by atoms with Gasteiger partial charge < -0.3 is 4.90 Å². The fourth-order valence-electron chi connectivity index (χ4n) is 2.97. The molecule has 1 amide bonds. The molecule has 2 aromatic carbocycles. The number of halogens is 1. The molecule has 0 saturated heterocycles. The van der Waals surface area contributed by atoms with E-state index < -0.39 is 0 Å². The fourth-order valence-corrected chi connectivity index (χ4v) is 4.03. The highest BCUT2D eigenvalue weighted by atomic mass is 35.5. The van der Waals surface area contributed by atoms with E-state index in [2.05, 4.69) is 44.1 Å². The summed E-state index contributed by atoms with van der Waals surface area (Å²) in [5.74, 6) is 0.0172. The molecule has 0 fully saturated rings. The molecule has 0 radical (unpaired) electrons. The van der Waals surface area contributed by atoms with Crippen molar-refractivity contribution < 1.29 is 4.79 Å². The lowest BCUT2D eigenvalue weighted by molar-refractivity contribution is 0.0986. The van der Waals surface area contributed by atoms with E-state index in [4.69, 9.17) is 4.98 Å². The van der Waals surface area contributed by atoms with Crippen LogP contribution in [0.1, 0.15) is 34.8 Å². The van der Waals surface area contributed by atoms with Crippen molar-refractivity contribution >= 4 is 45.0 Å². The summed E-state index contributed by atoms with van der Waals surface area (Å²) in [6.07, 6.45) is 1.90. The van der Waals surface area contributed by atoms with Crippen LogP contribution in [-0.4, -0.2) is 43.0 Å². The quantitative estimate of drug-likeness (QED) is 0.531. The van der Waals surface area contributed by atoms with Crippen LogP contribution in [0.5, 0.6) is 0 Å². The molecule has 0 saturated carbocycles. The molecule has 0 atom stereocenters. The van der Waals surface area contributed by atoms with Gasteiger partial charge in [-0.05, 0) is 70.2 Å². The van der Waals surface area contributed by atoms with E-state index in [1.54, 1.807) is 11.3 Å². The fraction of sp³-hybridized carbons (Fsp3) is 0.364. The highest BCUT2D eigenvalue weighted by Gasteiger charge is 2.21. The zero-order valence-electron chi connectivity index (χ0n) is 16.9. The molecule has 28 heavy (non-hydrogen) atoms. The number of hydrogen-bond acceptors (Lipinski definition) is 4. The van der Waals surface area contributed by atoms with Crippen LogP contribution in [0.2, 0.25) is 0 Å². The van der Waals surface area contributed by atoms with Gasteiger partial charge in [0.1, 0.15) is 0 Å². The lowest BCUT2D eigenvalue weighted by Crippen LogP contribution is -2.33. The summed E-state index contributed by atoms with van der Waals surface area (Å²) in [6.45, 7) is 5.77. The summed E-state index contributed by atoms with van der Waals surface area (Å²) in [7, 11) is 4.10. The second-order valence-electron chi connectivity index (χ2n) is 7.13. The Labute approximate surface area is 177 Å². The molecule has 0 aliphatic carbocycles. The van der Waals surface area contributed by atoms with Crippen LogP contribution in [0, 0.1) is 6.92 Å². The van der Waals surface area contributed by atoms with Gasteiger partial charge in [0, 0.05) is 12.1 Å². The Balaban J connectivity index is 0.00000280. The van der Waals surface area contributed by atoms with Crippen molar-refractivity contribution in [2.24, 2.45) is 0 Å². The molecule has 150 valence electrons. The first-order chi connectivity index (χ1) is 13.0. The minimum Gasteiger partial charge on any atom is -0.309 e. The number of rotatable bonds is 7. The van der Waals surface area contributed by atoms with Crippen molar-refractivity contribution in [2.75, 3.05) is 32.1 Å². The van der Waals surface area contributed by atoms with E-state index in [-0.39, 0.29) is 18.3 Å². The van der Waals surface area contributed by atoms with Gasteiger partial charge in [0.15, 0.2) is 5.13 Å². The summed E-state index contributed by atoms with van der Waals surface area (Å²) in [6, 6.07) is 14.1. The lowest BCUT2D eigenvalue weighted by atomic mass is 10.1. The zero-order chi connectivity index (χ0) is 19.4. The number of anilines is 1. The van der Waals surface area contributed by atoms with Crippen LogP contribution in [-0.2, 0) is 6.42 Å². The lowest BCUT2D eigenvalue weighted by Gasteiger charge is -2.21. The summed E-state index contributed by atoms with van der Waals surface area (Å²) in [4.78, 5) is 21.9. The van der Waals surface area contributed by atoms with Crippen LogP contribution >= 0.6 is 23.7 Å². The maximum absolute atomic E-state index is 13.2. The van der Waals surface area contributed by atoms with Gasteiger partial charge in [-0.25, -0.2) is 4.98 Å². The molecular formula is C22H28ClN3OS. The first-order valence-corrected chi connectivity index (χ1v) is 10.2. The number of carbonyl (C=O) groups is 1. The van der Waals surface area contributed by atoms with Crippen molar-refractivity contribution in [1.29, 1.82) is 0 Å². The van der Waals surface area contributed by atoms with Crippen molar-refractivity contribution in [3.8, 4) is 0 Å². The largest absolute Gasteiger partial charge is 0.309 e. The molecule has 0 unspecified atom stereocenters. The summed E-state index contributed by atoms with van der Waals surface area (Å²) >= 11 is 1.60. The number of amides is 1. The number of carbonyl (C=O) groups excluding carboxylic acids is 1. The van der Waals surface area contributed by atoms with Gasteiger partial charge in [0.2, 0.25) is 0 Å². The van der Waals surface area contributed by atoms with Crippen molar-refractivity contribution in [1.82, 2.24) is 9.88 Å². The van der Waals surface area contributed by atoms with Gasteiger partial charge in [-0.15, -0.1) is 12.4 Å². The topological polar surface area (TPSA) is 36.4 Å². The number of hydrogen-bond donors (Lipinski definition) is 0. The Morgan fingerprint density at radius 2 is 1.79 bits per heavy atom. The Morgan fingerprint density at radius 3 is 2.43 bits per heavy atom. The standard InChI is InChI=1S/C22H27N3OS.ClH/c1-5-17-9-12-19-20(15-17)27-22(23-19)25(14-6-13-24(3)4)21(26)18-10-7-16(2)8-11-18;/h7-12,15H,5-6,13-14H2,1-4H3;1H. The normalized spacial score (nSPS) is 10.9. The average molecular weight is 418 g/mol. The van der Waals surface area contributed by atoms with Gasteiger partial charge in [0.25, 0.3) is 5.91 Å². The predicted octanol–water partition coefficient (Wildman–Crippen LogP) is 5.19. The molecule has 6 heteroatoms. The molecule has 0 aliphatic heterocycles. The van der Waals surface area contributed by atoms with E-state index >= 15 is 0 Å². The summed E-state index contributed by atoms with van der Waals surface area (Å²) in [5, 5.41) is 0.780. The van der Waals surface area contributed by atoms with E-state index in [1.165, 1.54) is 5.56 Å². The number of nitrogens with zero attached hydrogens (tertiary/aromatic N) is 3. The van der Waals surface area contributed by atoms with Crippen LogP contribution < -0.4 is 4.90 Å². The second kappa shape index (κ2) is 10.0. The minimum absolute atomic E-state index is 0. The van der Waals surface area contributed by atoms with Crippen LogP contribution in [0.15, 0.2) is 42.5 Å². The van der Waals surface area contributed by atoms with Gasteiger partial charge >= 0.3 is 0 Å². The molecule has 3 aromatic rings. The van der Waals surface area contributed by atoms with Crippen molar-refractivity contribution in [3.05, 3.63) is 59.2 Å². The summed E-state index contributed by atoms with van der Waals surface area (Å²) in [5.41, 5.74) is 4.11. The van der Waals surface area contributed by atoms with Crippen LogP contribution in [0.4, 0.5) is 5.13 Å². The van der Waals surface area contributed by atoms with E-state index in [0.717, 1.165) is 40.3 Å². The zero-order valence-corrected chi connectivity index (χ0v) is 18.6. The Morgan fingerprint density at radius 1 is 1.07 bits per heavy atom. The van der Waals surface area contributed by atoms with Crippen molar-refractivity contribution in [2.45, 2.75) is 26.7 Å². The highest BCUT2D eigenvalue weighted by Crippen LogP contribution is 2.31. The molecule has 0 spiro atoms. The number of aromatic nitrogens is 1. The van der Waals surface area contributed by atoms with Crippen LogP contribution in [0.25, 0.3) is 10.2 Å². The van der Waals surface area contributed by atoms with Gasteiger partial charge in [-0.1, -0.05) is 42.0 Å². The second-order valence-corrected chi connectivity index (χ2v) is 8.14. The molecule has 0 N–H and O–H groups in total. The number of thiazole rings is 1. The third-order valence-electron chi connectivity index (χ3n) is 4.61. The molecule has 1 heterocycles. The maximum Gasteiger partial charge on any atom is 0.260 e. The first-order valence-electron chi connectivity index (χ1n) is 9.40. The molecule has 4 nitrogen and oxygen atoms in total. The van der Waals surface area contributed by atoms with Gasteiger partial charge in [-0.3, -0.25) is 9.69 Å². The molecule has 3 rings (SSSR count). The van der Waals surface area contributed by atoms with E-state index in [1.807, 2.05) is 36.1 Å². The highest BCUT2D eigenvalue weighted by molar-refractivity contribution is 7.22. The summed E-state index contributed by atoms with van der Waals surface area (Å²) < 4.78 is 1.14. The SMILES string of the molecule is CCc1ccc2nc(N(CCCN(C)C)C(=O)c3ccc(C)cc3)sc2c1.Cl. The maximum atomic E-state index is 13.2.